The van der Waals surface area contributed by atoms with Gasteiger partial charge in [0, 0.05) is 31.0 Å². The van der Waals surface area contributed by atoms with Gasteiger partial charge in [-0.25, -0.2) is 15.0 Å². The third-order valence-electron chi connectivity index (χ3n) is 5.22. The van der Waals surface area contributed by atoms with Crippen LogP contribution in [-0.4, -0.2) is 56.9 Å². The van der Waals surface area contributed by atoms with Crippen molar-refractivity contribution in [3.8, 4) is 17.1 Å². The number of halogens is 3. The Morgan fingerprint density at radius 1 is 1.33 bits per heavy atom. The van der Waals surface area contributed by atoms with Crippen LogP contribution in [0.4, 0.5) is 19.1 Å². The Labute approximate surface area is 170 Å². The molecule has 4 heterocycles. The van der Waals surface area contributed by atoms with Crippen LogP contribution in [0.15, 0.2) is 30.7 Å². The summed E-state index contributed by atoms with van der Waals surface area (Å²) in [6, 6.07) is 3.21. The molecule has 0 bridgehead atoms. The SMILES string of the molecule is COc1cc2ncc(-c3ccnc(NC4CCNC4)n3)n2cc1C(C)(O)C(F)(F)F. The molecule has 1 aliphatic heterocycles. The first kappa shape index (κ1) is 20.4. The standard InChI is InChI=1S/C19H21F3N6O2/c1-18(29,19(20,21)22)12-10-28-14(9-25-16(28)7-15(12)30-2)13-4-6-24-17(27-13)26-11-3-5-23-8-11/h4,6-7,9-11,23,29H,3,5,8H2,1-2H3,(H,24,26,27). The van der Waals surface area contributed by atoms with Crippen molar-refractivity contribution in [1.82, 2.24) is 24.7 Å². The number of fused-ring (bicyclic) bond motifs is 1. The zero-order valence-electron chi connectivity index (χ0n) is 16.4. The lowest BCUT2D eigenvalue weighted by Gasteiger charge is -2.28. The fourth-order valence-electron chi connectivity index (χ4n) is 3.41. The van der Waals surface area contributed by atoms with Crippen LogP contribution in [0.1, 0.15) is 18.9 Å². The van der Waals surface area contributed by atoms with Gasteiger partial charge in [0.15, 0.2) is 5.60 Å². The van der Waals surface area contributed by atoms with E-state index in [9.17, 15) is 18.3 Å². The molecule has 8 nitrogen and oxygen atoms in total. The van der Waals surface area contributed by atoms with Crippen LogP contribution in [0.2, 0.25) is 0 Å². The molecule has 3 N–H and O–H groups in total. The lowest BCUT2D eigenvalue weighted by Crippen LogP contribution is -2.39. The van der Waals surface area contributed by atoms with Gasteiger partial charge in [-0.2, -0.15) is 13.2 Å². The van der Waals surface area contributed by atoms with Gasteiger partial charge < -0.3 is 20.5 Å². The first-order valence-electron chi connectivity index (χ1n) is 9.36. The van der Waals surface area contributed by atoms with E-state index in [2.05, 4.69) is 25.6 Å². The number of rotatable bonds is 5. The number of imidazole rings is 1. The van der Waals surface area contributed by atoms with Crippen molar-refractivity contribution in [3.63, 3.8) is 0 Å². The first-order chi connectivity index (χ1) is 14.2. The van der Waals surface area contributed by atoms with Gasteiger partial charge in [0.1, 0.15) is 11.4 Å². The molecule has 1 fully saturated rings. The van der Waals surface area contributed by atoms with Gasteiger partial charge in [0.05, 0.1) is 30.3 Å². The van der Waals surface area contributed by atoms with Crippen molar-refractivity contribution in [2.75, 3.05) is 25.5 Å². The molecule has 2 unspecified atom stereocenters. The van der Waals surface area contributed by atoms with Crippen LogP contribution in [0.3, 0.4) is 0 Å². The third kappa shape index (κ3) is 3.54. The van der Waals surface area contributed by atoms with Gasteiger partial charge in [-0.15, -0.1) is 0 Å². The predicted molar refractivity (Wildman–Crippen MR) is 103 cm³/mol. The number of alkyl halides is 3. The monoisotopic (exact) mass is 422 g/mol. The number of pyridine rings is 1. The van der Waals surface area contributed by atoms with E-state index in [0.717, 1.165) is 19.5 Å². The molecule has 0 amide bonds. The third-order valence-corrected chi connectivity index (χ3v) is 5.22. The highest BCUT2D eigenvalue weighted by molar-refractivity contribution is 5.63. The number of hydrogen-bond donors (Lipinski definition) is 3. The molecule has 3 aromatic heterocycles. The lowest BCUT2D eigenvalue weighted by atomic mass is 9.96. The van der Waals surface area contributed by atoms with E-state index in [-0.39, 0.29) is 11.8 Å². The maximum absolute atomic E-state index is 13.5. The molecule has 0 spiro atoms. The minimum Gasteiger partial charge on any atom is -0.496 e. The van der Waals surface area contributed by atoms with E-state index in [0.29, 0.717) is 29.9 Å². The first-order valence-corrected chi connectivity index (χ1v) is 9.36. The van der Waals surface area contributed by atoms with Crippen molar-refractivity contribution in [2.45, 2.75) is 31.2 Å². The van der Waals surface area contributed by atoms with E-state index in [1.165, 1.54) is 30.0 Å². The van der Waals surface area contributed by atoms with E-state index in [1.54, 1.807) is 12.3 Å². The summed E-state index contributed by atoms with van der Waals surface area (Å²) in [4.78, 5) is 13.0. The molecule has 1 saturated heterocycles. The van der Waals surface area contributed by atoms with Crippen LogP contribution in [-0.2, 0) is 5.60 Å². The second-order valence-electron chi connectivity index (χ2n) is 7.30. The Hall–Kier alpha value is -2.92. The van der Waals surface area contributed by atoms with E-state index in [4.69, 9.17) is 4.74 Å². The molecule has 3 aromatic rings. The maximum Gasteiger partial charge on any atom is 0.421 e. The zero-order valence-corrected chi connectivity index (χ0v) is 16.4. The number of nitrogens with zero attached hydrogens (tertiary/aromatic N) is 4. The summed E-state index contributed by atoms with van der Waals surface area (Å²) in [6.07, 6.45) is 0.307. The molecule has 0 saturated carbocycles. The predicted octanol–water partition coefficient (Wildman–Crippen LogP) is 2.34. The summed E-state index contributed by atoms with van der Waals surface area (Å²) in [5.41, 5.74) is -2.23. The van der Waals surface area contributed by atoms with Crippen LogP contribution < -0.4 is 15.4 Å². The smallest absolute Gasteiger partial charge is 0.421 e. The van der Waals surface area contributed by atoms with Crippen molar-refractivity contribution in [2.24, 2.45) is 0 Å². The Morgan fingerprint density at radius 3 is 2.80 bits per heavy atom. The molecule has 2 atom stereocenters. The minimum absolute atomic E-state index is 0.110. The Bertz CT molecular complexity index is 1060. The van der Waals surface area contributed by atoms with E-state index >= 15 is 0 Å². The summed E-state index contributed by atoms with van der Waals surface area (Å²) in [5.74, 6) is 0.313. The van der Waals surface area contributed by atoms with Gasteiger partial charge in [-0.1, -0.05) is 0 Å². The highest BCUT2D eigenvalue weighted by atomic mass is 19.4. The largest absolute Gasteiger partial charge is 0.496 e. The number of anilines is 1. The molecule has 11 heteroatoms. The summed E-state index contributed by atoms with van der Waals surface area (Å²) in [7, 11) is 1.24. The summed E-state index contributed by atoms with van der Waals surface area (Å²) in [5, 5.41) is 16.7. The van der Waals surface area contributed by atoms with E-state index < -0.39 is 17.3 Å². The molecule has 4 rings (SSSR count). The highest BCUT2D eigenvalue weighted by Crippen LogP contribution is 2.43. The molecule has 30 heavy (non-hydrogen) atoms. The number of aliphatic hydroxyl groups is 1. The number of hydrogen-bond acceptors (Lipinski definition) is 7. The number of ether oxygens (including phenoxy) is 1. The molecule has 160 valence electrons. The minimum atomic E-state index is -4.89. The van der Waals surface area contributed by atoms with Gasteiger partial charge in [-0.05, 0) is 26.0 Å². The second-order valence-corrected chi connectivity index (χ2v) is 7.30. The summed E-state index contributed by atoms with van der Waals surface area (Å²) in [6.45, 7) is 2.41. The molecule has 1 aliphatic rings. The Kier molecular flexibility index (Phi) is 5.02. The summed E-state index contributed by atoms with van der Waals surface area (Å²) < 4.78 is 46.9. The van der Waals surface area contributed by atoms with Crippen LogP contribution in [0, 0.1) is 0 Å². The zero-order chi connectivity index (χ0) is 21.5. The molecule has 0 aliphatic carbocycles. The van der Waals surface area contributed by atoms with Crippen LogP contribution in [0.25, 0.3) is 17.0 Å². The van der Waals surface area contributed by atoms with Crippen molar-refractivity contribution in [3.05, 3.63) is 36.3 Å². The Balaban J connectivity index is 1.78. The quantitative estimate of drug-likeness (QED) is 0.581. The Morgan fingerprint density at radius 2 is 2.13 bits per heavy atom. The lowest BCUT2D eigenvalue weighted by molar-refractivity contribution is -0.259. The van der Waals surface area contributed by atoms with Gasteiger partial charge in [0.25, 0.3) is 0 Å². The normalized spacial score (nSPS) is 19.1. The molecule has 0 radical (unpaired) electrons. The molecular weight excluding hydrogens is 401 g/mol. The maximum atomic E-state index is 13.5. The number of aromatic nitrogens is 4. The molecular formula is C19H21F3N6O2. The average molecular weight is 422 g/mol. The van der Waals surface area contributed by atoms with Gasteiger partial charge in [-0.3, -0.25) is 4.40 Å². The van der Waals surface area contributed by atoms with Crippen molar-refractivity contribution in [1.29, 1.82) is 0 Å². The molecule has 0 aromatic carbocycles. The highest BCUT2D eigenvalue weighted by Gasteiger charge is 2.53. The number of nitrogens with one attached hydrogen (secondary N) is 2. The topological polar surface area (TPSA) is 96.6 Å². The fraction of sp³-hybridized carbons (Fsp3) is 0.421. The fourth-order valence-corrected chi connectivity index (χ4v) is 3.41. The van der Waals surface area contributed by atoms with Crippen LogP contribution in [0.5, 0.6) is 5.75 Å². The van der Waals surface area contributed by atoms with Crippen LogP contribution >= 0.6 is 0 Å². The summed E-state index contributed by atoms with van der Waals surface area (Å²) >= 11 is 0. The second kappa shape index (κ2) is 7.40. The van der Waals surface area contributed by atoms with Gasteiger partial charge in [0.2, 0.25) is 5.95 Å². The van der Waals surface area contributed by atoms with E-state index in [1.807, 2.05) is 0 Å². The van der Waals surface area contributed by atoms with Gasteiger partial charge >= 0.3 is 6.18 Å². The number of methoxy groups -OCH3 is 1. The van der Waals surface area contributed by atoms with Crippen molar-refractivity contribution < 1.29 is 23.0 Å². The average Bonchev–Trinajstić information content (AvgIpc) is 3.35. The van der Waals surface area contributed by atoms with Crippen molar-refractivity contribution >= 4 is 11.6 Å².